The quantitative estimate of drug-likeness (QED) is 0.264. The maximum atomic E-state index is 13.9. The second-order valence-corrected chi connectivity index (χ2v) is 11.7. The summed E-state index contributed by atoms with van der Waals surface area (Å²) in [6.45, 7) is 3.67. The molecule has 0 saturated heterocycles. The molecule has 0 aliphatic heterocycles. The average Bonchev–Trinajstić information content (AvgIpc) is 2.99. The summed E-state index contributed by atoms with van der Waals surface area (Å²) >= 11 is 6.07. The number of hydrogen-bond acceptors (Lipinski definition) is 6. The molecule has 2 amide bonds. The minimum atomic E-state index is -4.20. The largest absolute Gasteiger partial charge is 0.497 e. The Labute approximate surface area is 247 Å². The number of ether oxygens (including phenoxy) is 2. The third kappa shape index (κ3) is 8.37. The lowest BCUT2D eigenvalue weighted by Gasteiger charge is -2.32. The summed E-state index contributed by atoms with van der Waals surface area (Å²) in [5.74, 6) is 0.269. The van der Waals surface area contributed by atoms with Gasteiger partial charge in [0.05, 0.1) is 24.8 Å². The van der Waals surface area contributed by atoms with Gasteiger partial charge in [-0.25, -0.2) is 8.42 Å². The molecule has 11 heteroatoms. The summed E-state index contributed by atoms with van der Waals surface area (Å²) in [5, 5.41) is 3.29. The molecule has 0 fully saturated rings. The molecule has 0 unspecified atom stereocenters. The number of rotatable bonds is 14. The zero-order valence-electron chi connectivity index (χ0n) is 23.7. The van der Waals surface area contributed by atoms with Crippen molar-refractivity contribution in [1.29, 1.82) is 0 Å². The van der Waals surface area contributed by atoms with E-state index < -0.39 is 28.5 Å². The Hall–Kier alpha value is -3.76. The molecule has 1 N–H and O–H groups in total. The minimum Gasteiger partial charge on any atom is -0.497 e. The van der Waals surface area contributed by atoms with Crippen LogP contribution in [0.3, 0.4) is 0 Å². The van der Waals surface area contributed by atoms with Crippen molar-refractivity contribution >= 4 is 39.1 Å². The van der Waals surface area contributed by atoms with Gasteiger partial charge in [0.1, 0.15) is 24.1 Å². The number of amides is 2. The molecule has 0 aliphatic rings. The Kier molecular flexibility index (Phi) is 11.4. The Morgan fingerprint density at radius 2 is 1.46 bits per heavy atom. The van der Waals surface area contributed by atoms with E-state index in [1.165, 1.54) is 48.4 Å². The number of methoxy groups -OCH3 is 2. The van der Waals surface area contributed by atoms with E-state index in [-0.39, 0.29) is 23.0 Å². The maximum Gasteiger partial charge on any atom is 0.264 e. The molecular formula is C30H36ClN3O6S. The molecule has 0 bridgehead atoms. The van der Waals surface area contributed by atoms with Gasteiger partial charge in [-0.05, 0) is 79.6 Å². The van der Waals surface area contributed by atoms with Crippen molar-refractivity contribution in [2.45, 2.75) is 44.2 Å². The number of carbonyl (C=O) groups is 2. The Balaban J connectivity index is 1.99. The van der Waals surface area contributed by atoms with E-state index >= 15 is 0 Å². The first kappa shape index (κ1) is 31.8. The number of sulfonamides is 1. The minimum absolute atomic E-state index is 0.0203. The van der Waals surface area contributed by atoms with Gasteiger partial charge in [-0.15, -0.1) is 0 Å². The Morgan fingerprint density at radius 3 is 2.00 bits per heavy atom. The summed E-state index contributed by atoms with van der Waals surface area (Å²) in [6.07, 6.45) is 1.71. The SMILES string of the molecule is CCCCNC(=O)[C@H](C)N(Cc1ccc(OC)cc1)C(=O)CN(c1ccc(Cl)cc1)S(=O)(=O)c1ccc(OC)cc1. The lowest BCUT2D eigenvalue weighted by molar-refractivity contribution is -0.139. The molecule has 3 aromatic carbocycles. The number of unbranched alkanes of at least 4 members (excludes halogenated alkanes) is 1. The number of anilines is 1. The molecule has 9 nitrogen and oxygen atoms in total. The van der Waals surface area contributed by atoms with Gasteiger partial charge in [0.25, 0.3) is 10.0 Å². The second-order valence-electron chi connectivity index (χ2n) is 9.35. The molecule has 220 valence electrons. The number of carbonyl (C=O) groups excluding carboxylic acids is 2. The van der Waals surface area contributed by atoms with Crippen LogP contribution in [0.1, 0.15) is 32.3 Å². The van der Waals surface area contributed by atoms with E-state index in [0.29, 0.717) is 23.1 Å². The van der Waals surface area contributed by atoms with E-state index in [2.05, 4.69) is 5.32 Å². The monoisotopic (exact) mass is 601 g/mol. The van der Waals surface area contributed by atoms with Gasteiger partial charge in [0.15, 0.2) is 0 Å². The van der Waals surface area contributed by atoms with Crippen LogP contribution < -0.4 is 19.1 Å². The van der Waals surface area contributed by atoms with Gasteiger partial charge in [-0.1, -0.05) is 37.1 Å². The standard InChI is InChI=1S/C30H36ClN3O6S/c1-5-6-19-32-30(36)22(2)33(20-23-7-13-26(39-3)14-8-23)29(35)21-34(25-11-9-24(31)10-12-25)41(37,38)28-17-15-27(40-4)16-18-28/h7-18,22H,5-6,19-21H2,1-4H3,(H,32,36)/t22-/m0/s1. The molecule has 3 rings (SSSR count). The smallest absolute Gasteiger partial charge is 0.264 e. The van der Waals surface area contributed by atoms with Crippen LogP contribution in [0, 0.1) is 0 Å². The topological polar surface area (TPSA) is 105 Å². The average molecular weight is 602 g/mol. The van der Waals surface area contributed by atoms with Gasteiger partial charge in [-0.3, -0.25) is 13.9 Å². The van der Waals surface area contributed by atoms with Crippen molar-refractivity contribution < 1.29 is 27.5 Å². The van der Waals surface area contributed by atoms with E-state index in [0.717, 1.165) is 22.7 Å². The van der Waals surface area contributed by atoms with Crippen molar-refractivity contribution in [2.24, 2.45) is 0 Å². The first-order valence-electron chi connectivity index (χ1n) is 13.2. The lowest BCUT2D eigenvalue weighted by Crippen LogP contribution is -2.51. The van der Waals surface area contributed by atoms with Gasteiger partial charge in [0.2, 0.25) is 11.8 Å². The molecular weight excluding hydrogens is 566 g/mol. The number of benzene rings is 3. The van der Waals surface area contributed by atoms with E-state index in [9.17, 15) is 18.0 Å². The highest BCUT2D eigenvalue weighted by Crippen LogP contribution is 2.27. The van der Waals surface area contributed by atoms with Crippen LogP contribution in [0.15, 0.2) is 77.7 Å². The summed E-state index contributed by atoms with van der Waals surface area (Å²) in [4.78, 5) is 28.4. The van der Waals surface area contributed by atoms with Crippen LogP contribution in [0.5, 0.6) is 11.5 Å². The number of halogens is 1. The van der Waals surface area contributed by atoms with Gasteiger partial charge in [0, 0.05) is 18.1 Å². The van der Waals surface area contributed by atoms with Gasteiger partial charge < -0.3 is 19.7 Å². The maximum absolute atomic E-state index is 13.9. The predicted octanol–water partition coefficient (Wildman–Crippen LogP) is 4.89. The zero-order valence-corrected chi connectivity index (χ0v) is 25.2. The van der Waals surface area contributed by atoms with Crippen molar-refractivity contribution in [3.63, 3.8) is 0 Å². The number of hydrogen-bond donors (Lipinski definition) is 1. The number of nitrogens with zero attached hydrogens (tertiary/aromatic N) is 2. The molecule has 0 spiro atoms. The third-order valence-electron chi connectivity index (χ3n) is 6.55. The Bertz CT molecular complexity index is 1400. The van der Waals surface area contributed by atoms with Crippen LogP contribution in [0.2, 0.25) is 5.02 Å². The lowest BCUT2D eigenvalue weighted by atomic mass is 10.1. The molecule has 0 heterocycles. The zero-order chi connectivity index (χ0) is 30.0. The molecule has 3 aromatic rings. The van der Waals surface area contributed by atoms with Crippen LogP contribution in [-0.2, 0) is 26.2 Å². The summed E-state index contributed by atoms with van der Waals surface area (Å²) in [7, 11) is -1.15. The van der Waals surface area contributed by atoms with E-state index in [1.54, 1.807) is 50.4 Å². The molecule has 1 atom stereocenters. The molecule has 0 aromatic heterocycles. The summed E-state index contributed by atoms with van der Waals surface area (Å²) in [5.41, 5.74) is 1.01. The highest BCUT2D eigenvalue weighted by Gasteiger charge is 2.32. The first-order valence-corrected chi connectivity index (χ1v) is 15.0. The van der Waals surface area contributed by atoms with E-state index in [1.807, 2.05) is 6.92 Å². The normalized spacial score (nSPS) is 11.8. The van der Waals surface area contributed by atoms with Crippen molar-refractivity contribution in [2.75, 3.05) is 31.6 Å². The van der Waals surface area contributed by atoms with Gasteiger partial charge in [-0.2, -0.15) is 0 Å². The summed E-state index contributed by atoms with van der Waals surface area (Å²) in [6, 6.07) is 18.3. The molecule has 41 heavy (non-hydrogen) atoms. The van der Waals surface area contributed by atoms with Gasteiger partial charge >= 0.3 is 0 Å². The summed E-state index contributed by atoms with van der Waals surface area (Å²) < 4.78 is 39.2. The third-order valence-corrected chi connectivity index (χ3v) is 8.59. The fraction of sp³-hybridized carbons (Fsp3) is 0.333. The second kappa shape index (κ2) is 14.7. The Morgan fingerprint density at radius 1 is 0.902 bits per heavy atom. The van der Waals surface area contributed by atoms with Crippen molar-refractivity contribution in [3.8, 4) is 11.5 Å². The van der Waals surface area contributed by atoms with Crippen molar-refractivity contribution in [3.05, 3.63) is 83.4 Å². The van der Waals surface area contributed by atoms with Crippen LogP contribution in [0.25, 0.3) is 0 Å². The van der Waals surface area contributed by atoms with E-state index in [4.69, 9.17) is 21.1 Å². The molecule has 0 aliphatic carbocycles. The highest BCUT2D eigenvalue weighted by atomic mass is 35.5. The number of nitrogens with one attached hydrogen (secondary N) is 1. The van der Waals surface area contributed by atoms with Crippen molar-refractivity contribution in [1.82, 2.24) is 10.2 Å². The fourth-order valence-electron chi connectivity index (χ4n) is 4.06. The van der Waals surface area contributed by atoms with Crippen LogP contribution in [-0.4, -0.2) is 58.5 Å². The molecule has 0 saturated carbocycles. The van der Waals surface area contributed by atoms with Crippen LogP contribution in [0.4, 0.5) is 5.69 Å². The predicted molar refractivity (Wildman–Crippen MR) is 160 cm³/mol. The van der Waals surface area contributed by atoms with Crippen LogP contribution >= 0.6 is 11.6 Å². The first-order chi connectivity index (χ1) is 19.6. The fourth-order valence-corrected chi connectivity index (χ4v) is 5.60. The highest BCUT2D eigenvalue weighted by molar-refractivity contribution is 7.92. The molecule has 0 radical (unpaired) electrons.